The molecule has 450 valence electrons. The Morgan fingerprint density at radius 1 is 0.214 bits per heavy atom. The molecule has 0 unspecified atom stereocenters. The minimum Gasteiger partial charge on any atom is -0.309 e. The zero-order valence-electron chi connectivity index (χ0n) is 52.4. The van der Waals surface area contributed by atoms with Crippen LogP contribution in [-0.2, 0) is 0 Å². The highest BCUT2D eigenvalue weighted by molar-refractivity contribution is 6.40. The molecular formula is C90H50N8. The van der Waals surface area contributed by atoms with Crippen LogP contribution >= 0.6 is 0 Å². The predicted molar refractivity (Wildman–Crippen MR) is 409 cm³/mol. The van der Waals surface area contributed by atoms with E-state index < -0.39 is 0 Å². The van der Waals surface area contributed by atoms with Crippen LogP contribution < -0.4 is 0 Å². The third-order valence-corrected chi connectivity index (χ3v) is 22.1. The van der Waals surface area contributed by atoms with Crippen molar-refractivity contribution in [2.75, 3.05) is 0 Å². The SMILES string of the molecule is c1ccc(-n2c3cc(-n4c5ccc6cc(-c7cccc(-n8c9ccccc9c9cc(-n%10c%11ccc%12ccccc%12c%11c%11c%12c%13ccccc%13n%13c%14ccccc%14c(cc%11%10)c%12%13)ncc98)c7)ccc6c5c5c6c7ccccc7n7c8ccccc8c(cc54)c67)ccc3c3cccnc32)cc1. The van der Waals surface area contributed by atoms with Crippen LogP contribution in [0.3, 0.4) is 0 Å². The molecule has 0 bridgehead atoms. The monoisotopic (exact) mass is 1240 g/mol. The van der Waals surface area contributed by atoms with Crippen LogP contribution in [0.2, 0.25) is 0 Å². The summed E-state index contributed by atoms with van der Waals surface area (Å²) < 4.78 is 14.7. The van der Waals surface area contributed by atoms with E-state index in [0.717, 1.165) is 83.5 Å². The first kappa shape index (κ1) is 51.2. The maximum atomic E-state index is 5.56. The van der Waals surface area contributed by atoms with Gasteiger partial charge in [-0.2, -0.15) is 0 Å². The number of aromatic nitrogens is 8. The van der Waals surface area contributed by atoms with Crippen molar-refractivity contribution in [3.05, 3.63) is 304 Å². The van der Waals surface area contributed by atoms with Crippen LogP contribution in [0.4, 0.5) is 0 Å². The molecule has 10 aromatic heterocycles. The molecule has 24 aromatic rings. The minimum absolute atomic E-state index is 0.884. The number of benzene rings is 14. The highest BCUT2D eigenvalue weighted by atomic mass is 15.1. The van der Waals surface area contributed by atoms with Crippen LogP contribution in [0.15, 0.2) is 304 Å². The Labute approximate surface area is 556 Å². The third-order valence-electron chi connectivity index (χ3n) is 22.1. The fourth-order valence-electron chi connectivity index (χ4n) is 18.2. The highest BCUT2D eigenvalue weighted by Crippen LogP contribution is 2.51. The molecule has 10 heterocycles. The Bertz CT molecular complexity index is 7680. The second-order valence-corrected chi connectivity index (χ2v) is 26.8. The molecule has 0 atom stereocenters. The van der Waals surface area contributed by atoms with Gasteiger partial charge in [0, 0.05) is 109 Å². The lowest BCUT2D eigenvalue weighted by molar-refractivity contribution is 1.08. The molecule has 0 aliphatic carbocycles. The molecule has 0 aliphatic rings. The summed E-state index contributed by atoms with van der Waals surface area (Å²) >= 11 is 0. The van der Waals surface area contributed by atoms with Crippen molar-refractivity contribution in [3.63, 3.8) is 0 Å². The lowest BCUT2D eigenvalue weighted by Gasteiger charge is -2.12. The lowest BCUT2D eigenvalue weighted by atomic mass is 9.96. The van der Waals surface area contributed by atoms with Gasteiger partial charge in [0.2, 0.25) is 0 Å². The first-order chi connectivity index (χ1) is 48.7. The molecular weight excluding hydrogens is 1190 g/mol. The van der Waals surface area contributed by atoms with E-state index in [0.29, 0.717) is 0 Å². The van der Waals surface area contributed by atoms with E-state index in [1.807, 2.05) is 12.3 Å². The van der Waals surface area contributed by atoms with Crippen LogP contribution in [-0.4, -0.2) is 37.0 Å². The average molecular weight is 1240 g/mol. The van der Waals surface area contributed by atoms with Gasteiger partial charge in [0.05, 0.1) is 77.9 Å². The first-order valence-electron chi connectivity index (χ1n) is 33.7. The summed E-state index contributed by atoms with van der Waals surface area (Å²) in [7, 11) is 0. The first-order valence-corrected chi connectivity index (χ1v) is 33.7. The number of rotatable bonds is 5. The van der Waals surface area contributed by atoms with Gasteiger partial charge >= 0.3 is 0 Å². The zero-order valence-corrected chi connectivity index (χ0v) is 52.4. The average Bonchev–Trinajstić information content (AvgIpc) is 1.52. The molecule has 14 aromatic carbocycles. The largest absolute Gasteiger partial charge is 0.309 e. The number of para-hydroxylation sites is 6. The van der Waals surface area contributed by atoms with Crippen LogP contribution in [0, 0.1) is 0 Å². The smallest absolute Gasteiger partial charge is 0.145 e. The van der Waals surface area contributed by atoms with E-state index >= 15 is 0 Å². The molecule has 0 aliphatic heterocycles. The number of pyridine rings is 2. The summed E-state index contributed by atoms with van der Waals surface area (Å²) in [5.41, 5.74) is 21.8. The molecule has 0 N–H and O–H groups in total. The lowest BCUT2D eigenvalue weighted by Crippen LogP contribution is -1.99. The summed E-state index contributed by atoms with van der Waals surface area (Å²) in [5.74, 6) is 0.884. The van der Waals surface area contributed by atoms with Crippen molar-refractivity contribution in [2.45, 2.75) is 0 Å². The normalized spacial score (nSPS) is 12.7. The number of fused-ring (bicyclic) bond motifs is 30. The topological polar surface area (TPSA) is 54.3 Å². The van der Waals surface area contributed by atoms with Gasteiger partial charge in [-0.15, -0.1) is 0 Å². The van der Waals surface area contributed by atoms with Gasteiger partial charge in [0.1, 0.15) is 11.5 Å². The fraction of sp³-hybridized carbons (Fsp3) is 0. The van der Waals surface area contributed by atoms with Gasteiger partial charge in [-0.05, 0) is 148 Å². The van der Waals surface area contributed by atoms with Crippen LogP contribution in [0.25, 0.3) is 219 Å². The Balaban J connectivity index is 0.706. The van der Waals surface area contributed by atoms with Crippen molar-refractivity contribution in [1.82, 2.24) is 37.0 Å². The van der Waals surface area contributed by atoms with Gasteiger partial charge in [0.25, 0.3) is 0 Å². The Morgan fingerprint density at radius 2 is 0.724 bits per heavy atom. The molecule has 8 heteroatoms. The van der Waals surface area contributed by atoms with Gasteiger partial charge in [-0.1, -0.05) is 176 Å². The number of hydrogen-bond donors (Lipinski definition) is 0. The molecule has 98 heavy (non-hydrogen) atoms. The summed E-state index contributed by atoms with van der Waals surface area (Å²) in [5, 5.41) is 24.5. The van der Waals surface area contributed by atoms with E-state index in [1.165, 1.54) is 136 Å². The summed E-state index contributed by atoms with van der Waals surface area (Å²) in [6.07, 6.45) is 4.02. The van der Waals surface area contributed by atoms with E-state index in [-0.39, 0.29) is 0 Å². The summed E-state index contributed by atoms with van der Waals surface area (Å²) in [6.45, 7) is 0. The highest BCUT2D eigenvalue weighted by Gasteiger charge is 2.29. The van der Waals surface area contributed by atoms with Gasteiger partial charge in [0.15, 0.2) is 0 Å². The maximum absolute atomic E-state index is 5.56. The molecule has 0 spiro atoms. The number of nitrogens with zero attached hydrogens (tertiary/aromatic N) is 8. The Hall–Kier alpha value is -13.3. The van der Waals surface area contributed by atoms with E-state index in [2.05, 4.69) is 318 Å². The molecule has 0 fully saturated rings. The third kappa shape index (κ3) is 6.36. The van der Waals surface area contributed by atoms with Crippen LogP contribution in [0.5, 0.6) is 0 Å². The molecule has 0 amide bonds. The van der Waals surface area contributed by atoms with E-state index in [9.17, 15) is 0 Å². The molecule has 24 rings (SSSR count). The quantitative estimate of drug-likeness (QED) is 0.172. The predicted octanol–water partition coefficient (Wildman–Crippen LogP) is 23.1. The Morgan fingerprint density at radius 3 is 1.43 bits per heavy atom. The van der Waals surface area contributed by atoms with Crippen molar-refractivity contribution in [1.29, 1.82) is 0 Å². The maximum Gasteiger partial charge on any atom is 0.145 e. The van der Waals surface area contributed by atoms with E-state index in [4.69, 9.17) is 9.97 Å². The molecule has 0 radical (unpaired) electrons. The van der Waals surface area contributed by atoms with Crippen molar-refractivity contribution < 1.29 is 0 Å². The molecule has 0 saturated carbocycles. The van der Waals surface area contributed by atoms with Crippen molar-refractivity contribution >= 4 is 185 Å². The standard InChI is InChI=1S/C90H50N8/c1-2-20-55(21-3-1)95-77-46-57(38-40-63(77)64-29-17-43-91-90(64)95)94-75-42-37-54-44-53(35-39-59(54)83(75)86-78(94)47-68-61-25-7-12-31-71(61)97-73-33-14-9-27-65(73)84(86)88(68)97)52-19-16-22-56(45-52)93-70-30-11-6-24-60(70)67-49-81(92-50-80(67)93)96-76-41-36-51-18-4-5-23-58(51)82(76)87-79(96)48-69-62-26-8-13-32-72(62)98-74-34-15-10-28-66(74)85(87)89(69)98/h1-50H. The van der Waals surface area contributed by atoms with Crippen molar-refractivity contribution in [3.8, 4) is 34.0 Å². The van der Waals surface area contributed by atoms with Crippen LogP contribution in [0.1, 0.15) is 0 Å². The Kier molecular flexibility index (Phi) is 9.57. The second kappa shape index (κ2) is 18.3. The van der Waals surface area contributed by atoms with Gasteiger partial charge in [-0.3, -0.25) is 9.13 Å². The zero-order chi connectivity index (χ0) is 63.3. The summed E-state index contributed by atoms with van der Waals surface area (Å²) in [4.78, 5) is 10.6. The van der Waals surface area contributed by atoms with Gasteiger partial charge in [-0.25, -0.2) is 9.97 Å². The van der Waals surface area contributed by atoms with E-state index in [1.54, 1.807) is 0 Å². The molecule has 0 saturated heterocycles. The number of hydrogen-bond acceptors (Lipinski definition) is 2. The summed E-state index contributed by atoms with van der Waals surface area (Å²) in [6, 6.07) is 108. The molecule has 8 nitrogen and oxygen atoms in total. The van der Waals surface area contributed by atoms with Gasteiger partial charge < -0.3 is 17.9 Å². The second-order valence-electron chi connectivity index (χ2n) is 26.8. The fourth-order valence-corrected chi connectivity index (χ4v) is 18.2. The minimum atomic E-state index is 0.884. The van der Waals surface area contributed by atoms with Crippen molar-refractivity contribution in [2.24, 2.45) is 0 Å².